The number of carboxylic acids is 1. The summed E-state index contributed by atoms with van der Waals surface area (Å²) in [6.45, 7) is 0. The first-order valence-corrected chi connectivity index (χ1v) is 7.26. The molecule has 124 valence electrons. The van der Waals surface area contributed by atoms with Crippen molar-refractivity contribution in [1.82, 2.24) is 0 Å². The minimum atomic E-state index is -0.980. The van der Waals surface area contributed by atoms with Gasteiger partial charge in [-0.05, 0) is 17.7 Å². The molecule has 7 nitrogen and oxygen atoms in total. The molecule has 0 spiro atoms. The molecule has 0 radical (unpaired) electrons. The van der Waals surface area contributed by atoms with Crippen LogP contribution in [0.25, 0.3) is 0 Å². The van der Waals surface area contributed by atoms with Crippen LogP contribution in [0.5, 0.6) is 0 Å². The number of benzene rings is 2. The Balaban J connectivity index is 2.04. The fourth-order valence-corrected chi connectivity index (χ4v) is 2.35. The summed E-state index contributed by atoms with van der Waals surface area (Å²) in [5, 5.41) is 22.3. The van der Waals surface area contributed by atoms with Gasteiger partial charge in [0.15, 0.2) is 0 Å². The van der Waals surface area contributed by atoms with E-state index in [1.807, 2.05) is 6.07 Å². The van der Waals surface area contributed by atoms with Crippen LogP contribution in [0.3, 0.4) is 0 Å². The first kappa shape index (κ1) is 17.1. The van der Waals surface area contributed by atoms with Gasteiger partial charge in [0.05, 0.1) is 11.3 Å². The van der Waals surface area contributed by atoms with Gasteiger partial charge in [-0.15, -0.1) is 0 Å². The van der Waals surface area contributed by atoms with Gasteiger partial charge in [-0.1, -0.05) is 30.3 Å². The van der Waals surface area contributed by atoms with Crippen molar-refractivity contribution in [2.45, 2.75) is 18.8 Å². The molecule has 0 aliphatic heterocycles. The Morgan fingerprint density at radius 2 is 1.67 bits per heavy atom. The Morgan fingerprint density at radius 3 is 2.21 bits per heavy atom. The summed E-state index contributed by atoms with van der Waals surface area (Å²) in [6.07, 6.45) is -0.148. The van der Waals surface area contributed by atoms with E-state index in [2.05, 4.69) is 5.32 Å². The van der Waals surface area contributed by atoms with Gasteiger partial charge in [-0.25, -0.2) is 0 Å². The minimum absolute atomic E-state index is 0.00724. The molecule has 24 heavy (non-hydrogen) atoms. The van der Waals surface area contributed by atoms with Crippen molar-refractivity contribution in [2.24, 2.45) is 0 Å². The van der Waals surface area contributed by atoms with Gasteiger partial charge in [0.1, 0.15) is 0 Å². The lowest BCUT2D eigenvalue weighted by molar-refractivity contribution is -0.384. The average Bonchev–Trinajstić information content (AvgIpc) is 2.55. The summed E-state index contributed by atoms with van der Waals surface area (Å²) in [6, 6.07) is 14.4. The summed E-state index contributed by atoms with van der Waals surface area (Å²) >= 11 is 0. The zero-order valence-corrected chi connectivity index (χ0v) is 12.7. The molecule has 2 aromatic carbocycles. The number of non-ortho nitro benzene ring substituents is 1. The highest BCUT2D eigenvalue weighted by Gasteiger charge is 2.19. The summed E-state index contributed by atoms with van der Waals surface area (Å²) in [7, 11) is 0. The molecule has 0 fully saturated rings. The number of nitrogens with one attached hydrogen (secondary N) is 1. The quantitative estimate of drug-likeness (QED) is 0.599. The molecule has 0 saturated heterocycles. The molecule has 0 aromatic heterocycles. The highest BCUT2D eigenvalue weighted by atomic mass is 16.6. The molecule has 1 amide bonds. The van der Waals surface area contributed by atoms with Crippen molar-refractivity contribution < 1.29 is 19.6 Å². The largest absolute Gasteiger partial charge is 0.481 e. The Morgan fingerprint density at radius 1 is 1.04 bits per heavy atom. The number of aliphatic carboxylic acids is 1. The molecular formula is C17H16N2O5. The van der Waals surface area contributed by atoms with Crippen LogP contribution in [0.2, 0.25) is 0 Å². The summed E-state index contributed by atoms with van der Waals surface area (Å²) in [5.41, 5.74) is 1.13. The van der Waals surface area contributed by atoms with E-state index in [1.54, 1.807) is 24.3 Å². The monoisotopic (exact) mass is 328 g/mol. The molecule has 2 N–H and O–H groups in total. The topological polar surface area (TPSA) is 110 Å². The van der Waals surface area contributed by atoms with Crippen LogP contribution in [0.1, 0.15) is 24.3 Å². The summed E-state index contributed by atoms with van der Waals surface area (Å²) < 4.78 is 0. The average molecular weight is 328 g/mol. The molecule has 2 rings (SSSR count). The van der Waals surface area contributed by atoms with E-state index >= 15 is 0 Å². The van der Waals surface area contributed by atoms with Crippen molar-refractivity contribution in [3.8, 4) is 0 Å². The fraction of sp³-hybridized carbons (Fsp3) is 0.176. The van der Waals surface area contributed by atoms with E-state index in [4.69, 9.17) is 5.11 Å². The van der Waals surface area contributed by atoms with Gasteiger partial charge in [0, 0.05) is 30.2 Å². The molecule has 0 bridgehead atoms. The van der Waals surface area contributed by atoms with E-state index in [1.165, 1.54) is 24.3 Å². The number of hydrogen-bond donors (Lipinski definition) is 2. The number of hydrogen-bond acceptors (Lipinski definition) is 4. The number of rotatable bonds is 7. The number of carbonyl (C=O) groups excluding carboxylic acids is 1. The number of amides is 1. The lowest BCUT2D eigenvalue weighted by Crippen LogP contribution is -2.17. The molecule has 0 saturated carbocycles. The second kappa shape index (κ2) is 7.87. The third-order valence-electron chi connectivity index (χ3n) is 3.49. The Bertz CT molecular complexity index is 728. The normalized spacial score (nSPS) is 11.5. The van der Waals surface area contributed by atoms with Gasteiger partial charge in [-0.3, -0.25) is 19.7 Å². The van der Waals surface area contributed by atoms with E-state index in [0.717, 1.165) is 5.56 Å². The second-order valence-electron chi connectivity index (χ2n) is 5.26. The number of nitro groups is 1. The molecule has 7 heteroatoms. The number of anilines is 1. The van der Waals surface area contributed by atoms with Gasteiger partial charge < -0.3 is 10.4 Å². The molecule has 0 aliphatic carbocycles. The van der Waals surface area contributed by atoms with Gasteiger partial charge in [0.2, 0.25) is 5.91 Å². The Kier molecular flexibility index (Phi) is 5.62. The minimum Gasteiger partial charge on any atom is -0.481 e. The van der Waals surface area contributed by atoms with Crippen molar-refractivity contribution >= 4 is 23.3 Å². The third kappa shape index (κ3) is 4.91. The highest BCUT2D eigenvalue weighted by molar-refractivity contribution is 5.91. The van der Waals surface area contributed by atoms with Crippen LogP contribution >= 0.6 is 0 Å². The van der Waals surface area contributed by atoms with E-state index in [-0.39, 0.29) is 24.4 Å². The Labute approximate surface area is 138 Å². The van der Waals surface area contributed by atoms with Crippen molar-refractivity contribution in [3.63, 3.8) is 0 Å². The second-order valence-corrected chi connectivity index (χ2v) is 5.26. The highest BCUT2D eigenvalue weighted by Crippen LogP contribution is 2.24. The lowest BCUT2D eigenvalue weighted by Gasteiger charge is -2.15. The Hall–Kier alpha value is -3.22. The van der Waals surface area contributed by atoms with E-state index < -0.39 is 16.8 Å². The number of carbonyl (C=O) groups is 2. The summed E-state index contributed by atoms with van der Waals surface area (Å²) in [5.74, 6) is -1.77. The van der Waals surface area contributed by atoms with E-state index in [9.17, 15) is 19.7 Å². The maximum Gasteiger partial charge on any atom is 0.303 e. The van der Waals surface area contributed by atoms with Crippen molar-refractivity contribution in [2.75, 3.05) is 5.32 Å². The van der Waals surface area contributed by atoms with Crippen LogP contribution in [0.4, 0.5) is 11.4 Å². The zero-order chi connectivity index (χ0) is 17.5. The number of nitro benzene ring substituents is 1. The molecule has 1 unspecified atom stereocenters. The SMILES string of the molecule is O=C(O)CC(CC(=O)Nc1ccc([N+](=O)[O-])cc1)c1ccccc1. The predicted octanol–water partition coefficient (Wildman–Crippen LogP) is 3.18. The zero-order valence-electron chi connectivity index (χ0n) is 12.7. The fourth-order valence-electron chi connectivity index (χ4n) is 2.35. The first-order valence-electron chi connectivity index (χ1n) is 7.26. The van der Waals surface area contributed by atoms with Crippen LogP contribution in [-0.2, 0) is 9.59 Å². The summed E-state index contributed by atoms with van der Waals surface area (Å²) in [4.78, 5) is 33.3. The maximum atomic E-state index is 12.2. The van der Waals surface area contributed by atoms with Gasteiger partial charge in [0.25, 0.3) is 5.69 Å². The van der Waals surface area contributed by atoms with E-state index in [0.29, 0.717) is 5.69 Å². The molecule has 1 atom stereocenters. The molecule has 2 aromatic rings. The smallest absolute Gasteiger partial charge is 0.303 e. The first-order chi connectivity index (χ1) is 11.5. The maximum absolute atomic E-state index is 12.2. The van der Waals surface area contributed by atoms with Crippen LogP contribution in [0, 0.1) is 10.1 Å². The van der Waals surface area contributed by atoms with Crippen LogP contribution in [0.15, 0.2) is 54.6 Å². The van der Waals surface area contributed by atoms with Gasteiger partial charge in [-0.2, -0.15) is 0 Å². The number of nitrogens with zero attached hydrogens (tertiary/aromatic N) is 1. The lowest BCUT2D eigenvalue weighted by atomic mass is 9.92. The third-order valence-corrected chi connectivity index (χ3v) is 3.49. The van der Waals surface area contributed by atoms with Crippen LogP contribution < -0.4 is 5.32 Å². The molecule has 0 aliphatic rings. The molecule has 0 heterocycles. The van der Waals surface area contributed by atoms with Crippen molar-refractivity contribution in [1.29, 1.82) is 0 Å². The number of carboxylic acid groups (broad SMARTS) is 1. The van der Waals surface area contributed by atoms with Crippen molar-refractivity contribution in [3.05, 3.63) is 70.3 Å². The molecular weight excluding hydrogens is 312 g/mol. The standard InChI is InChI=1S/C17H16N2O5/c20-16(18-14-6-8-15(9-7-14)19(23)24)10-13(11-17(21)22)12-4-2-1-3-5-12/h1-9,13H,10-11H2,(H,18,20)(H,21,22). The predicted molar refractivity (Wildman–Crippen MR) is 87.8 cm³/mol. The van der Waals surface area contributed by atoms with Gasteiger partial charge >= 0.3 is 5.97 Å². The van der Waals surface area contributed by atoms with Crippen LogP contribution in [-0.4, -0.2) is 21.9 Å².